The molecule has 0 radical (unpaired) electrons. The van der Waals surface area contributed by atoms with Crippen LogP contribution in [0.5, 0.6) is 0 Å². The maximum Gasteiger partial charge on any atom is 0.302 e. The lowest BCUT2D eigenvalue weighted by Crippen LogP contribution is -2.64. The molecule has 1 aromatic carbocycles. The van der Waals surface area contributed by atoms with Crippen molar-refractivity contribution >= 4 is 15.9 Å². The third-order valence-electron chi connectivity index (χ3n) is 5.07. The molecular formula is C16H21N3O2S. The van der Waals surface area contributed by atoms with E-state index in [-0.39, 0.29) is 5.54 Å². The summed E-state index contributed by atoms with van der Waals surface area (Å²) in [6.07, 6.45) is 5.09. The third kappa shape index (κ3) is 2.71. The minimum absolute atomic E-state index is 0.162. The Morgan fingerprint density at radius 2 is 1.86 bits per heavy atom. The summed E-state index contributed by atoms with van der Waals surface area (Å²) in [6, 6.07) is 8.52. The Hall–Kier alpha value is -1.58. The molecule has 2 fully saturated rings. The van der Waals surface area contributed by atoms with Crippen LogP contribution < -0.4 is 4.72 Å². The van der Waals surface area contributed by atoms with Gasteiger partial charge < -0.3 is 0 Å². The van der Waals surface area contributed by atoms with E-state index in [0.29, 0.717) is 23.7 Å². The van der Waals surface area contributed by atoms with E-state index in [9.17, 15) is 8.42 Å². The van der Waals surface area contributed by atoms with Crippen LogP contribution >= 0.6 is 0 Å². The van der Waals surface area contributed by atoms with Crippen LogP contribution in [0.25, 0.3) is 0 Å². The SMILES string of the molecule is CC1CCC2(CC1)CCN2S(=O)(=O)Nc1ccc(C#N)cc1. The number of nitrogens with one attached hydrogen (secondary N) is 1. The summed E-state index contributed by atoms with van der Waals surface area (Å²) in [5.74, 6) is 0.697. The molecule has 22 heavy (non-hydrogen) atoms. The molecule has 2 aliphatic rings. The summed E-state index contributed by atoms with van der Waals surface area (Å²) in [7, 11) is -3.52. The maximum atomic E-state index is 12.6. The molecule has 5 nitrogen and oxygen atoms in total. The molecule has 0 aromatic heterocycles. The molecular weight excluding hydrogens is 298 g/mol. The summed E-state index contributed by atoms with van der Waals surface area (Å²) in [5, 5.41) is 8.79. The van der Waals surface area contributed by atoms with E-state index in [1.165, 1.54) is 0 Å². The zero-order chi connectivity index (χ0) is 15.8. The number of hydrogen-bond donors (Lipinski definition) is 1. The molecule has 1 N–H and O–H groups in total. The molecule has 0 amide bonds. The Kier molecular flexibility index (Phi) is 3.87. The number of hydrogen-bond acceptors (Lipinski definition) is 3. The summed E-state index contributed by atoms with van der Waals surface area (Å²) < 4.78 is 29.6. The fourth-order valence-corrected chi connectivity index (χ4v) is 5.17. The van der Waals surface area contributed by atoms with Gasteiger partial charge in [0.1, 0.15) is 0 Å². The highest BCUT2D eigenvalue weighted by atomic mass is 32.2. The van der Waals surface area contributed by atoms with Crippen molar-refractivity contribution in [2.45, 2.75) is 44.6 Å². The highest BCUT2D eigenvalue weighted by molar-refractivity contribution is 7.90. The average Bonchev–Trinajstić information content (AvgIpc) is 2.47. The van der Waals surface area contributed by atoms with Crippen molar-refractivity contribution in [3.63, 3.8) is 0 Å². The molecule has 1 aromatic rings. The van der Waals surface area contributed by atoms with Crippen LogP contribution in [0.3, 0.4) is 0 Å². The van der Waals surface area contributed by atoms with Crippen LogP contribution in [0, 0.1) is 17.2 Å². The molecule has 1 saturated carbocycles. The van der Waals surface area contributed by atoms with Crippen molar-refractivity contribution in [2.75, 3.05) is 11.3 Å². The van der Waals surface area contributed by atoms with Crippen molar-refractivity contribution in [1.29, 1.82) is 5.26 Å². The second-order valence-electron chi connectivity index (χ2n) is 6.53. The van der Waals surface area contributed by atoms with E-state index in [2.05, 4.69) is 11.6 Å². The number of rotatable bonds is 3. The molecule has 1 aliphatic heterocycles. The molecule has 1 heterocycles. The van der Waals surface area contributed by atoms with Gasteiger partial charge in [0.15, 0.2) is 0 Å². The van der Waals surface area contributed by atoms with Gasteiger partial charge in [0.05, 0.1) is 11.6 Å². The van der Waals surface area contributed by atoms with Crippen LogP contribution in [0.15, 0.2) is 24.3 Å². The van der Waals surface area contributed by atoms with Gasteiger partial charge >= 0.3 is 10.2 Å². The van der Waals surface area contributed by atoms with Gasteiger partial charge in [-0.2, -0.15) is 18.0 Å². The minimum Gasteiger partial charge on any atom is -0.271 e. The lowest BCUT2D eigenvalue weighted by Gasteiger charge is -2.54. The average molecular weight is 319 g/mol. The van der Waals surface area contributed by atoms with Crippen molar-refractivity contribution in [3.05, 3.63) is 29.8 Å². The largest absolute Gasteiger partial charge is 0.302 e. The standard InChI is InChI=1S/C16H21N3O2S/c1-13-6-8-16(9-7-13)10-11-19(16)22(20,21)18-15-4-2-14(12-17)3-5-15/h2-5,13,18H,6-11H2,1H3. The quantitative estimate of drug-likeness (QED) is 0.931. The second kappa shape index (κ2) is 5.56. The summed E-state index contributed by atoms with van der Waals surface area (Å²) >= 11 is 0. The number of nitriles is 1. The molecule has 1 saturated heterocycles. The number of benzene rings is 1. The first-order valence-electron chi connectivity index (χ1n) is 7.76. The maximum absolute atomic E-state index is 12.6. The van der Waals surface area contributed by atoms with E-state index in [0.717, 1.165) is 32.1 Å². The van der Waals surface area contributed by atoms with Gasteiger partial charge in [0, 0.05) is 17.8 Å². The van der Waals surface area contributed by atoms with Crippen molar-refractivity contribution in [1.82, 2.24) is 4.31 Å². The zero-order valence-corrected chi connectivity index (χ0v) is 13.6. The van der Waals surface area contributed by atoms with Crippen molar-refractivity contribution in [3.8, 4) is 6.07 Å². The van der Waals surface area contributed by atoms with Gasteiger partial charge in [-0.3, -0.25) is 4.72 Å². The van der Waals surface area contributed by atoms with Crippen LogP contribution in [-0.2, 0) is 10.2 Å². The first kappa shape index (κ1) is 15.3. The number of anilines is 1. The Morgan fingerprint density at radius 3 is 2.36 bits per heavy atom. The normalized spacial score (nSPS) is 28.8. The summed E-state index contributed by atoms with van der Waals surface area (Å²) in [5.41, 5.74) is 0.861. The van der Waals surface area contributed by atoms with E-state index in [4.69, 9.17) is 5.26 Å². The predicted octanol–water partition coefficient (Wildman–Crippen LogP) is 2.87. The molecule has 0 bridgehead atoms. The van der Waals surface area contributed by atoms with Gasteiger partial charge in [-0.25, -0.2) is 0 Å². The van der Waals surface area contributed by atoms with Gasteiger partial charge in [-0.15, -0.1) is 0 Å². The number of nitrogens with zero attached hydrogens (tertiary/aromatic N) is 2. The minimum atomic E-state index is -3.52. The van der Waals surface area contributed by atoms with Gasteiger partial charge in [0.25, 0.3) is 0 Å². The summed E-state index contributed by atoms with van der Waals surface area (Å²) in [6.45, 7) is 2.83. The van der Waals surface area contributed by atoms with Crippen molar-refractivity contribution < 1.29 is 8.42 Å². The molecule has 118 valence electrons. The van der Waals surface area contributed by atoms with E-state index in [1.54, 1.807) is 28.6 Å². The lowest BCUT2D eigenvalue weighted by atomic mass is 9.71. The van der Waals surface area contributed by atoms with Gasteiger partial charge in [-0.1, -0.05) is 6.92 Å². The van der Waals surface area contributed by atoms with Crippen LogP contribution in [0.2, 0.25) is 0 Å². The first-order chi connectivity index (χ1) is 10.5. The fraction of sp³-hybridized carbons (Fsp3) is 0.562. The Morgan fingerprint density at radius 1 is 1.23 bits per heavy atom. The molecule has 6 heteroatoms. The second-order valence-corrected chi connectivity index (χ2v) is 8.12. The van der Waals surface area contributed by atoms with Crippen LogP contribution in [0.1, 0.15) is 44.6 Å². The first-order valence-corrected chi connectivity index (χ1v) is 9.20. The Balaban J connectivity index is 1.74. The molecule has 3 rings (SSSR count). The smallest absolute Gasteiger partial charge is 0.271 e. The van der Waals surface area contributed by atoms with Crippen molar-refractivity contribution in [2.24, 2.45) is 5.92 Å². The Bertz CT molecular complexity index is 683. The molecule has 1 spiro atoms. The summed E-state index contributed by atoms with van der Waals surface area (Å²) in [4.78, 5) is 0. The van der Waals surface area contributed by atoms with Gasteiger partial charge in [0.2, 0.25) is 0 Å². The van der Waals surface area contributed by atoms with E-state index < -0.39 is 10.2 Å². The topological polar surface area (TPSA) is 73.2 Å². The zero-order valence-electron chi connectivity index (χ0n) is 12.7. The van der Waals surface area contributed by atoms with E-state index >= 15 is 0 Å². The monoisotopic (exact) mass is 319 g/mol. The molecule has 1 aliphatic carbocycles. The molecule has 0 atom stereocenters. The van der Waals surface area contributed by atoms with Gasteiger partial charge in [-0.05, 0) is 62.3 Å². The fourth-order valence-electron chi connectivity index (χ4n) is 3.51. The van der Waals surface area contributed by atoms with Crippen LogP contribution in [-0.4, -0.2) is 24.8 Å². The molecule has 0 unspecified atom stereocenters. The lowest BCUT2D eigenvalue weighted by molar-refractivity contribution is 0.0217. The third-order valence-corrected chi connectivity index (χ3v) is 6.71. The van der Waals surface area contributed by atoms with Crippen LogP contribution in [0.4, 0.5) is 5.69 Å². The van der Waals surface area contributed by atoms with E-state index in [1.807, 2.05) is 6.07 Å². The predicted molar refractivity (Wildman–Crippen MR) is 85.4 cm³/mol. The Labute approximate surface area is 132 Å². The highest BCUT2D eigenvalue weighted by Crippen LogP contribution is 2.46. The highest BCUT2D eigenvalue weighted by Gasteiger charge is 2.51.